The standard InChI is InChI=1S/C10H15NO4S2/c1-7(11)8-5-4-6-9(16(2,12)13)10(8)17(3,14)15/h4-7H,11H2,1-3H3. The highest BCUT2D eigenvalue weighted by Crippen LogP contribution is 2.28. The van der Waals surface area contributed by atoms with Gasteiger partial charge in [0.15, 0.2) is 19.7 Å². The van der Waals surface area contributed by atoms with Crippen molar-refractivity contribution in [2.75, 3.05) is 12.5 Å². The summed E-state index contributed by atoms with van der Waals surface area (Å²) in [6, 6.07) is 3.73. The monoisotopic (exact) mass is 277 g/mol. The van der Waals surface area contributed by atoms with Crippen LogP contribution >= 0.6 is 0 Å². The van der Waals surface area contributed by atoms with Crippen LogP contribution in [0.1, 0.15) is 18.5 Å². The van der Waals surface area contributed by atoms with Gasteiger partial charge in [-0.1, -0.05) is 12.1 Å². The molecule has 1 rings (SSSR count). The zero-order valence-electron chi connectivity index (χ0n) is 9.84. The summed E-state index contributed by atoms with van der Waals surface area (Å²) in [4.78, 5) is -0.396. The highest BCUT2D eigenvalue weighted by Gasteiger charge is 2.25. The molecular formula is C10H15NO4S2. The quantitative estimate of drug-likeness (QED) is 0.869. The summed E-state index contributed by atoms with van der Waals surface area (Å²) in [5, 5.41) is 0. The van der Waals surface area contributed by atoms with Crippen molar-refractivity contribution in [1.82, 2.24) is 0 Å². The number of sulfone groups is 2. The normalized spacial score (nSPS) is 14.6. The molecule has 0 amide bonds. The third-order valence-corrected chi connectivity index (χ3v) is 4.74. The molecule has 0 heterocycles. The van der Waals surface area contributed by atoms with E-state index in [1.54, 1.807) is 6.92 Å². The minimum atomic E-state index is -3.65. The van der Waals surface area contributed by atoms with Crippen molar-refractivity contribution in [2.24, 2.45) is 5.73 Å². The Morgan fingerprint density at radius 2 is 1.59 bits per heavy atom. The summed E-state index contributed by atoms with van der Waals surface area (Å²) in [5.41, 5.74) is 5.98. The molecule has 0 saturated carbocycles. The molecule has 1 aromatic rings. The molecule has 0 aliphatic heterocycles. The lowest BCUT2D eigenvalue weighted by molar-refractivity contribution is 0.585. The van der Waals surface area contributed by atoms with Crippen molar-refractivity contribution in [3.63, 3.8) is 0 Å². The number of hydrogen-bond acceptors (Lipinski definition) is 5. The summed E-state index contributed by atoms with van der Waals surface area (Å²) in [5.74, 6) is 0. The van der Waals surface area contributed by atoms with E-state index in [0.717, 1.165) is 12.5 Å². The molecule has 0 aromatic heterocycles. The molecule has 0 fully saturated rings. The van der Waals surface area contributed by atoms with E-state index in [2.05, 4.69) is 0 Å². The van der Waals surface area contributed by atoms with E-state index in [1.165, 1.54) is 18.2 Å². The molecule has 0 aliphatic rings. The molecule has 2 N–H and O–H groups in total. The van der Waals surface area contributed by atoms with Crippen LogP contribution in [-0.4, -0.2) is 29.3 Å². The molecule has 0 aliphatic carbocycles. The van der Waals surface area contributed by atoms with Crippen LogP contribution in [0.15, 0.2) is 28.0 Å². The number of benzene rings is 1. The summed E-state index contributed by atoms with van der Waals surface area (Å²) in [7, 11) is -7.26. The first-order chi connectivity index (χ1) is 7.55. The van der Waals surface area contributed by atoms with Gasteiger partial charge in [0.05, 0.1) is 9.79 Å². The third kappa shape index (κ3) is 3.05. The first-order valence-corrected chi connectivity index (χ1v) is 8.62. The molecule has 0 radical (unpaired) electrons. The molecule has 7 heteroatoms. The van der Waals surface area contributed by atoms with Crippen LogP contribution in [0.25, 0.3) is 0 Å². The molecule has 0 saturated heterocycles. The molecule has 96 valence electrons. The number of nitrogens with two attached hydrogens (primary N) is 1. The van der Waals surface area contributed by atoms with Crippen molar-refractivity contribution in [2.45, 2.75) is 22.8 Å². The Morgan fingerprint density at radius 3 is 1.94 bits per heavy atom. The fourth-order valence-electron chi connectivity index (χ4n) is 1.58. The number of hydrogen-bond donors (Lipinski definition) is 1. The van der Waals surface area contributed by atoms with Crippen LogP contribution in [0.3, 0.4) is 0 Å². The van der Waals surface area contributed by atoms with Gasteiger partial charge in [0.25, 0.3) is 0 Å². The summed E-state index contributed by atoms with van der Waals surface area (Å²) >= 11 is 0. The van der Waals surface area contributed by atoms with Crippen LogP contribution in [-0.2, 0) is 19.7 Å². The Kier molecular flexibility index (Phi) is 3.66. The van der Waals surface area contributed by atoms with Crippen molar-refractivity contribution in [3.05, 3.63) is 23.8 Å². The van der Waals surface area contributed by atoms with Crippen LogP contribution in [0.5, 0.6) is 0 Å². The van der Waals surface area contributed by atoms with Gasteiger partial charge in [-0.05, 0) is 18.6 Å². The lowest BCUT2D eigenvalue weighted by atomic mass is 10.1. The van der Waals surface area contributed by atoms with Gasteiger partial charge in [-0.2, -0.15) is 0 Å². The largest absolute Gasteiger partial charge is 0.324 e. The predicted octanol–water partition coefficient (Wildman–Crippen LogP) is 0.513. The van der Waals surface area contributed by atoms with E-state index in [4.69, 9.17) is 5.73 Å². The SMILES string of the molecule is CC(N)c1cccc(S(C)(=O)=O)c1S(C)(=O)=O. The second kappa shape index (κ2) is 4.40. The van der Waals surface area contributed by atoms with Gasteiger partial charge >= 0.3 is 0 Å². The average Bonchev–Trinajstić information content (AvgIpc) is 2.13. The van der Waals surface area contributed by atoms with Gasteiger partial charge in [-0.3, -0.25) is 0 Å². The van der Waals surface area contributed by atoms with Gasteiger partial charge in [-0.15, -0.1) is 0 Å². The van der Waals surface area contributed by atoms with E-state index < -0.39 is 25.7 Å². The van der Waals surface area contributed by atoms with Crippen molar-refractivity contribution in [3.8, 4) is 0 Å². The van der Waals surface area contributed by atoms with E-state index in [1.807, 2.05) is 0 Å². The Balaban J connectivity index is 3.83. The lowest BCUT2D eigenvalue weighted by Crippen LogP contribution is -2.15. The molecule has 1 atom stereocenters. The van der Waals surface area contributed by atoms with Gasteiger partial charge in [0, 0.05) is 18.6 Å². The highest BCUT2D eigenvalue weighted by molar-refractivity contribution is 7.93. The molecule has 1 aromatic carbocycles. The van der Waals surface area contributed by atoms with Crippen LogP contribution in [0, 0.1) is 0 Å². The van der Waals surface area contributed by atoms with E-state index >= 15 is 0 Å². The third-order valence-electron chi connectivity index (χ3n) is 2.27. The molecular weight excluding hydrogens is 262 g/mol. The van der Waals surface area contributed by atoms with Crippen LogP contribution < -0.4 is 5.73 Å². The zero-order valence-corrected chi connectivity index (χ0v) is 11.5. The smallest absolute Gasteiger partial charge is 0.177 e. The molecule has 0 spiro atoms. The zero-order chi connectivity index (χ0) is 13.4. The fourth-order valence-corrected chi connectivity index (χ4v) is 4.38. The Morgan fingerprint density at radius 1 is 1.06 bits per heavy atom. The Labute approximate surface area is 101 Å². The fraction of sp³-hybridized carbons (Fsp3) is 0.400. The molecule has 0 bridgehead atoms. The number of rotatable bonds is 3. The van der Waals surface area contributed by atoms with E-state index in [-0.39, 0.29) is 9.79 Å². The van der Waals surface area contributed by atoms with E-state index in [0.29, 0.717) is 5.56 Å². The molecule has 1 unspecified atom stereocenters. The van der Waals surface area contributed by atoms with Gasteiger partial charge in [-0.25, -0.2) is 16.8 Å². The predicted molar refractivity (Wildman–Crippen MR) is 65.3 cm³/mol. The minimum Gasteiger partial charge on any atom is -0.324 e. The molecule has 17 heavy (non-hydrogen) atoms. The van der Waals surface area contributed by atoms with Crippen molar-refractivity contribution in [1.29, 1.82) is 0 Å². The lowest BCUT2D eigenvalue weighted by Gasteiger charge is -2.14. The van der Waals surface area contributed by atoms with Gasteiger partial charge in [0.2, 0.25) is 0 Å². The minimum absolute atomic E-state index is 0.197. The Hall–Kier alpha value is -0.920. The van der Waals surface area contributed by atoms with Crippen molar-refractivity contribution >= 4 is 19.7 Å². The maximum atomic E-state index is 11.7. The second-order valence-electron chi connectivity index (χ2n) is 4.01. The van der Waals surface area contributed by atoms with E-state index in [9.17, 15) is 16.8 Å². The van der Waals surface area contributed by atoms with Crippen LogP contribution in [0.4, 0.5) is 0 Å². The average molecular weight is 277 g/mol. The topological polar surface area (TPSA) is 94.3 Å². The van der Waals surface area contributed by atoms with Crippen LogP contribution in [0.2, 0.25) is 0 Å². The Bertz CT molecular complexity index is 630. The summed E-state index contributed by atoms with van der Waals surface area (Å²) < 4.78 is 46.6. The first kappa shape index (κ1) is 14.1. The summed E-state index contributed by atoms with van der Waals surface area (Å²) in [6.07, 6.45) is 1.95. The first-order valence-electron chi connectivity index (χ1n) is 4.83. The maximum absolute atomic E-state index is 11.7. The van der Waals surface area contributed by atoms with Crippen molar-refractivity contribution < 1.29 is 16.8 Å². The highest BCUT2D eigenvalue weighted by atomic mass is 32.2. The maximum Gasteiger partial charge on any atom is 0.177 e. The van der Waals surface area contributed by atoms with Gasteiger partial charge < -0.3 is 5.73 Å². The molecule has 5 nitrogen and oxygen atoms in total. The van der Waals surface area contributed by atoms with Gasteiger partial charge in [0.1, 0.15) is 0 Å². The summed E-state index contributed by atoms with van der Waals surface area (Å²) in [6.45, 7) is 1.61. The second-order valence-corrected chi connectivity index (χ2v) is 7.94.